The second kappa shape index (κ2) is 10.6. The molecule has 8 heteroatoms. The number of hydrogen-bond acceptors (Lipinski definition) is 7. The van der Waals surface area contributed by atoms with Crippen LogP contribution in [0.1, 0.15) is 22.8 Å². The van der Waals surface area contributed by atoms with E-state index in [0.29, 0.717) is 39.4 Å². The Morgan fingerprint density at radius 1 is 1.22 bits per heavy atom. The largest absolute Gasteiger partial charge is 0.493 e. The van der Waals surface area contributed by atoms with Crippen LogP contribution in [0, 0.1) is 12.3 Å². The van der Waals surface area contributed by atoms with Gasteiger partial charge in [-0.05, 0) is 66.7 Å². The molecule has 2 aromatic carbocycles. The van der Waals surface area contributed by atoms with Crippen molar-refractivity contribution in [3.05, 3.63) is 58.5 Å². The van der Waals surface area contributed by atoms with E-state index < -0.39 is 0 Å². The van der Waals surface area contributed by atoms with Gasteiger partial charge in [0.05, 0.1) is 29.9 Å². The minimum absolute atomic E-state index is 0.135. The summed E-state index contributed by atoms with van der Waals surface area (Å²) < 4.78 is 15.8. The molecule has 1 saturated heterocycles. The van der Waals surface area contributed by atoms with Crippen molar-refractivity contribution < 1.29 is 23.8 Å². The number of benzene rings is 2. The molecule has 1 aliphatic heterocycles. The van der Waals surface area contributed by atoms with Gasteiger partial charge in [-0.2, -0.15) is 0 Å². The highest BCUT2D eigenvalue weighted by molar-refractivity contribution is 8.18. The van der Waals surface area contributed by atoms with Gasteiger partial charge in [-0.15, -0.1) is 6.42 Å². The quantitative estimate of drug-likeness (QED) is 0.359. The third-order valence-electron chi connectivity index (χ3n) is 4.40. The van der Waals surface area contributed by atoms with E-state index in [9.17, 15) is 9.59 Å². The Morgan fingerprint density at radius 2 is 1.97 bits per heavy atom. The standard InChI is InChI=1S/C24H22N2O5S/c1-5-13-31-19-12-7-16(14-20(19)29-4)15-21-22(27)26(3)24(32-21)25-18-10-8-17(9-11-18)23(28)30-6-2/h1,7-12,14-15H,6,13H2,2-4H3. The molecule has 2 aromatic rings. The average molecular weight is 451 g/mol. The SMILES string of the molecule is C#CCOc1ccc(C=C2SC(=Nc3ccc(C(=O)OCC)cc3)N(C)C2=O)cc1OC. The van der Waals surface area contributed by atoms with E-state index in [1.54, 1.807) is 56.4 Å². The molecule has 0 saturated carbocycles. The van der Waals surface area contributed by atoms with E-state index in [-0.39, 0.29) is 18.5 Å². The van der Waals surface area contributed by atoms with Crippen LogP contribution in [0.4, 0.5) is 5.69 Å². The predicted octanol–water partition coefficient (Wildman–Crippen LogP) is 4.12. The fraction of sp³-hybridized carbons (Fsp3) is 0.208. The van der Waals surface area contributed by atoms with Crippen molar-refractivity contribution >= 4 is 40.6 Å². The summed E-state index contributed by atoms with van der Waals surface area (Å²) in [5.41, 5.74) is 1.85. The number of thioether (sulfide) groups is 1. The maximum Gasteiger partial charge on any atom is 0.338 e. The molecule has 0 spiro atoms. The Bertz CT molecular complexity index is 1120. The van der Waals surface area contributed by atoms with Crippen LogP contribution in [-0.2, 0) is 9.53 Å². The molecule has 0 atom stereocenters. The number of amides is 1. The van der Waals surface area contributed by atoms with Crippen LogP contribution in [0.5, 0.6) is 11.5 Å². The van der Waals surface area contributed by atoms with Gasteiger partial charge in [0, 0.05) is 7.05 Å². The van der Waals surface area contributed by atoms with Crippen molar-refractivity contribution in [1.29, 1.82) is 0 Å². The first-order valence-electron chi connectivity index (χ1n) is 9.74. The van der Waals surface area contributed by atoms with E-state index in [4.69, 9.17) is 20.6 Å². The molecule has 1 amide bonds. The van der Waals surface area contributed by atoms with Gasteiger partial charge >= 0.3 is 5.97 Å². The number of carbonyl (C=O) groups excluding carboxylic acids is 2. The molecule has 1 aliphatic rings. The van der Waals surface area contributed by atoms with Crippen molar-refractivity contribution in [1.82, 2.24) is 4.90 Å². The van der Waals surface area contributed by atoms with Crippen molar-refractivity contribution in [2.45, 2.75) is 6.92 Å². The van der Waals surface area contributed by atoms with Gasteiger partial charge in [0.2, 0.25) is 0 Å². The molecule has 1 fully saturated rings. The highest BCUT2D eigenvalue weighted by Crippen LogP contribution is 2.35. The van der Waals surface area contributed by atoms with E-state index in [2.05, 4.69) is 10.9 Å². The van der Waals surface area contributed by atoms with E-state index >= 15 is 0 Å². The molecule has 3 rings (SSSR count). The van der Waals surface area contributed by atoms with Crippen LogP contribution in [0.25, 0.3) is 6.08 Å². The summed E-state index contributed by atoms with van der Waals surface area (Å²) in [5.74, 6) is 2.92. The highest BCUT2D eigenvalue weighted by atomic mass is 32.2. The third-order valence-corrected chi connectivity index (χ3v) is 5.46. The first-order valence-corrected chi connectivity index (χ1v) is 10.6. The number of amidine groups is 1. The molecule has 0 unspecified atom stereocenters. The van der Waals surface area contributed by atoms with Crippen molar-refractivity contribution in [3.63, 3.8) is 0 Å². The smallest absolute Gasteiger partial charge is 0.338 e. The number of nitrogens with zero attached hydrogens (tertiary/aromatic N) is 2. The number of ether oxygens (including phenoxy) is 3. The number of likely N-dealkylation sites (N-methyl/N-ethyl adjacent to an activating group) is 1. The van der Waals surface area contributed by atoms with Crippen molar-refractivity contribution in [2.24, 2.45) is 4.99 Å². The summed E-state index contributed by atoms with van der Waals surface area (Å²) in [5, 5.41) is 0.533. The topological polar surface area (TPSA) is 77.4 Å². The Labute approximate surface area is 191 Å². The summed E-state index contributed by atoms with van der Waals surface area (Å²) >= 11 is 1.26. The minimum atomic E-state index is -0.384. The Kier molecular flexibility index (Phi) is 7.58. The Morgan fingerprint density at radius 3 is 2.62 bits per heavy atom. The number of rotatable bonds is 7. The molecule has 0 radical (unpaired) electrons. The minimum Gasteiger partial charge on any atom is -0.493 e. The van der Waals surface area contributed by atoms with Crippen LogP contribution < -0.4 is 9.47 Å². The van der Waals surface area contributed by atoms with Gasteiger partial charge in [0.1, 0.15) is 6.61 Å². The van der Waals surface area contributed by atoms with Gasteiger partial charge in [0.25, 0.3) is 5.91 Å². The number of terminal acetylenes is 1. The average Bonchev–Trinajstić information content (AvgIpc) is 3.06. The van der Waals surface area contributed by atoms with Crippen LogP contribution in [-0.4, -0.2) is 49.3 Å². The fourth-order valence-electron chi connectivity index (χ4n) is 2.81. The van der Waals surface area contributed by atoms with Crippen LogP contribution in [0.3, 0.4) is 0 Å². The van der Waals surface area contributed by atoms with Gasteiger partial charge in [-0.25, -0.2) is 9.79 Å². The van der Waals surface area contributed by atoms with Gasteiger partial charge in [0.15, 0.2) is 16.7 Å². The summed E-state index contributed by atoms with van der Waals surface area (Å²) in [4.78, 5) is 31.0. The number of methoxy groups -OCH3 is 1. The molecule has 0 bridgehead atoms. The lowest BCUT2D eigenvalue weighted by Gasteiger charge is -2.09. The van der Waals surface area contributed by atoms with E-state index in [1.807, 2.05) is 6.07 Å². The Balaban J connectivity index is 1.80. The van der Waals surface area contributed by atoms with Gasteiger partial charge in [-0.3, -0.25) is 9.69 Å². The lowest BCUT2D eigenvalue weighted by Crippen LogP contribution is -2.23. The first-order chi connectivity index (χ1) is 15.5. The zero-order chi connectivity index (χ0) is 23.1. The number of carbonyl (C=O) groups is 2. The van der Waals surface area contributed by atoms with Crippen LogP contribution in [0.2, 0.25) is 0 Å². The molecular weight excluding hydrogens is 428 g/mol. The van der Waals surface area contributed by atoms with Crippen LogP contribution in [0.15, 0.2) is 52.4 Å². The highest BCUT2D eigenvalue weighted by Gasteiger charge is 2.30. The van der Waals surface area contributed by atoms with E-state index in [0.717, 1.165) is 5.56 Å². The maximum absolute atomic E-state index is 12.7. The Hall–Kier alpha value is -3.70. The predicted molar refractivity (Wildman–Crippen MR) is 125 cm³/mol. The summed E-state index contributed by atoms with van der Waals surface area (Å²) in [6, 6.07) is 12.0. The first kappa shape index (κ1) is 23.0. The molecule has 0 N–H and O–H groups in total. The summed E-state index contributed by atoms with van der Waals surface area (Å²) in [7, 11) is 3.20. The molecular formula is C24H22N2O5S. The fourth-order valence-corrected chi connectivity index (χ4v) is 3.80. The molecule has 7 nitrogen and oxygen atoms in total. The van der Waals surface area contributed by atoms with Crippen molar-refractivity contribution in [2.75, 3.05) is 27.4 Å². The number of aliphatic imine (C=N–C) groups is 1. The lowest BCUT2D eigenvalue weighted by atomic mass is 10.2. The zero-order valence-electron chi connectivity index (χ0n) is 18.0. The molecule has 0 aliphatic carbocycles. The van der Waals surface area contributed by atoms with E-state index in [1.165, 1.54) is 23.8 Å². The van der Waals surface area contributed by atoms with Crippen LogP contribution >= 0.6 is 11.8 Å². The molecule has 164 valence electrons. The monoisotopic (exact) mass is 450 g/mol. The summed E-state index contributed by atoms with van der Waals surface area (Å²) in [6.45, 7) is 2.20. The second-order valence-electron chi connectivity index (χ2n) is 6.54. The lowest BCUT2D eigenvalue weighted by molar-refractivity contribution is -0.121. The van der Waals surface area contributed by atoms with Crippen molar-refractivity contribution in [3.8, 4) is 23.8 Å². The molecule has 32 heavy (non-hydrogen) atoms. The zero-order valence-corrected chi connectivity index (χ0v) is 18.8. The third kappa shape index (κ3) is 5.31. The number of hydrogen-bond donors (Lipinski definition) is 0. The second-order valence-corrected chi connectivity index (χ2v) is 7.55. The maximum atomic E-state index is 12.7. The van der Waals surface area contributed by atoms with Gasteiger partial charge in [-0.1, -0.05) is 12.0 Å². The molecule has 1 heterocycles. The van der Waals surface area contributed by atoms with Gasteiger partial charge < -0.3 is 14.2 Å². The summed E-state index contributed by atoms with van der Waals surface area (Å²) in [6.07, 6.45) is 7.00. The molecule has 0 aromatic heterocycles. The normalized spacial score (nSPS) is 15.7. The number of esters is 1.